The molecule has 21 heavy (non-hydrogen) atoms. The molecule has 0 spiro atoms. The first-order chi connectivity index (χ1) is 10.0. The normalized spacial score (nSPS) is 21.1. The van der Waals surface area contributed by atoms with Crippen LogP contribution in [0.5, 0.6) is 0 Å². The lowest BCUT2D eigenvalue weighted by molar-refractivity contribution is -0.0846. The van der Waals surface area contributed by atoms with E-state index in [-0.39, 0.29) is 23.6 Å². The Hall–Kier alpha value is -0.990. The largest absolute Gasteiger partial charge is 0.376 e. The number of nitrogens with one attached hydrogen (secondary N) is 1. The van der Waals surface area contributed by atoms with Gasteiger partial charge in [0.25, 0.3) is 0 Å². The van der Waals surface area contributed by atoms with Crippen molar-refractivity contribution in [1.29, 1.82) is 0 Å². The van der Waals surface area contributed by atoms with E-state index in [1.807, 2.05) is 13.0 Å². The van der Waals surface area contributed by atoms with E-state index in [4.69, 9.17) is 15.2 Å². The highest BCUT2D eigenvalue weighted by atomic mass is 32.2. The molecule has 1 saturated heterocycles. The molecule has 1 fully saturated rings. The predicted octanol–water partition coefficient (Wildman–Crippen LogP) is 0.790. The average molecular weight is 314 g/mol. The average Bonchev–Trinajstić information content (AvgIpc) is 2.53. The second-order valence-electron chi connectivity index (χ2n) is 5.01. The van der Waals surface area contributed by atoms with E-state index in [1.165, 1.54) is 0 Å². The molecule has 1 heterocycles. The van der Waals surface area contributed by atoms with Gasteiger partial charge < -0.3 is 15.2 Å². The van der Waals surface area contributed by atoms with Crippen LogP contribution in [0, 0.1) is 0 Å². The molecule has 0 radical (unpaired) electrons. The molecule has 0 bridgehead atoms. The molecule has 1 aromatic rings. The summed E-state index contributed by atoms with van der Waals surface area (Å²) in [5.41, 5.74) is 6.76. The Morgan fingerprint density at radius 2 is 2.24 bits per heavy atom. The quantitative estimate of drug-likeness (QED) is 0.810. The maximum atomic E-state index is 12.3. The monoisotopic (exact) mass is 314 g/mol. The van der Waals surface area contributed by atoms with Crippen molar-refractivity contribution in [3.8, 4) is 0 Å². The highest BCUT2D eigenvalue weighted by molar-refractivity contribution is 7.89. The molecule has 6 nitrogen and oxygen atoms in total. The number of hydrogen-bond donors (Lipinski definition) is 2. The first kappa shape index (κ1) is 16.4. The van der Waals surface area contributed by atoms with E-state index < -0.39 is 10.0 Å². The van der Waals surface area contributed by atoms with Crippen molar-refractivity contribution in [3.63, 3.8) is 0 Å². The third-order valence-electron chi connectivity index (χ3n) is 3.42. The van der Waals surface area contributed by atoms with E-state index in [0.29, 0.717) is 19.8 Å². The van der Waals surface area contributed by atoms with Gasteiger partial charge in [-0.2, -0.15) is 0 Å². The first-order valence-electron chi connectivity index (χ1n) is 7.07. The summed E-state index contributed by atoms with van der Waals surface area (Å²) >= 11 is 0. The van der Waals surface area contributed by atoms with Gasteiger partial charge in [-0.25, -0.2) is 13.1 Å². The van der Waals surface area contributed by atoms with Gasteiger partial charge in [-0.1, -0.05) is 19.1 Å². The van der Waals surface area contributed by atoms with Gasteiger partial charge in [0.15, 0.2) is 0 Å². The number of ether oxygens (including phenoxy) is 2. The van der Waals surface area contributed by atoms with Crippen molar-refractivity contribution < 1.29 is 17.9 Å². The lowest BCUT2D eigenvalue weighted by atomic mass is 10.1. The topological polar surface area (TPSA) is 90.7 Å². The van der Waals surface area contributed by atoms with Crippen molar-refractivity contribution in [3.05, 3.63) is 29.8 Å². The molecule has 118 valence electrons. The summed E-state index contributed by atoms with van der Waals surface area (Å²) in [7, 11) is -3.57. The van der Waals surface area contributed by atoms with Crippen LogP contribution >= 0.6 is 0 Å². The molecule has 0 saturated carbocycles. The highest BCUT2D eigenvalue weighted by Crippen LogP contribution is 2.18. The number of hydrogen-bond acceptors (Lipinski definition) is 5. The van der Waals surface area contributed by atoms with Crippen LogP contribution < -0.4 is 10.5 Å². The van der Waals surface area contributed by atoms with Crippen LogP contribution in [-0.4, -0.2) is 40.9 Å². The minimum Gasteiger partial charge on any atom is -0.376 e. The van der Waals surface area contributed by atoms with Gasteiger partial charge >= 0.3 is 0 Å². The third kappa shape index (κ3) is 4.49. The molecular weight excluding hydrogens is 292 g/mol. The Labute approximate surface area is 125 Å². The first-order valence-corrected chi connectivity index (χ1v) is 8.56. The van der Waals surface area contributed by atoms with Crippen molar-refractivity contribution in [1.82, 2.24) is 4.72 Å². The van der Waals surface area contributed by atoms with Crippen LogP contribution in [0.2, 0.25) is 0 Å². The van der Waals surface area contributed by atoms with E-state index in [9.17, 15) is 8.42 Å². The summed E-state index contributed by atoms with van der Waals surface area (Å²) in [6.45, 7) is 3.62. The summed E-state index contributed by atoms with van der Waals surface area (Å²) in [6.07, 6.45) is 0.513. The molecule has 1 aliphatic heterocycles. The maximum Gasteiger partial charge on any atom is 0.240 e. The van der Waals surface area contributed by atoms with E-state index in [2.05, 4.69) is 4.72 Å². The van der Waals surface area contributed by atoms with Gasteiger partial charge in [0.05, 0.1) is 30.8 Å². The number of nitrogens with two attached hydrogens (primary N) is 1. The number of sulfonamides is 1. The fourth-order valence-corrected chi connectivity index (χ4v) is 3.21. The highest BCUT2D eigenvalue weighted by Gasteiger charge is 2.20. The number of rotatable bonds is 6. The van der Waals surface area contributed by atoms with Gasteiger partial charge in [0.1, 0.15) is 0 Å². The van der Waals surface area contributed by atoms with Gasteiger partial charge in [-0.3, -0.25) is 0 Å². The van der Waals surface area contributed by atoms with E-state index >= 15 is 0 Å². The Kier molecular flexibility index (Phi) is 5.72. The zero-order valence-electron chi connectivity index (χ0n) is 12.1. The van der Waals surface area contributed by atoms with Crippen molar-refractivity contribution in [2.75, 3.05) is 26.4 Å². The SMILES string of the molecule is CCC(N)c1cccc(S(=O)(=O)NCC2COCCO2)c1. The van der Waals surface area contributed by atoms with Crippen LogP contribution in [-0.2, 0) is 19.5 Å². The summed E-state index contributed by atoms with van der Waals surface area (Å²) in [5.74, 6) is 0. The molecule has 2 unspecified atom stereocenters. The summed E-state index contributed by atoms with van der Waals surface area (Å²) < 4.78 is 37.8. The molecule has 3 N–H and O–H groups in total. The Morgan fingerprint density at radius 3 is 2.90 bits per heavy atom. The fraction of sp³-hybridized carbons (Fsp3) is 0.571. The molecule has 7 heteroatoms. The fourth-order valence-electron chi connectivity index (χ4n) is 2.09. The minimum atomic E-state index is -3.57. The van der Waals surface area contributed by atoms with E-state index in [1.54, 1.807) is 18.2 Å². The lowest BCUT2D eigenvalue weighted by Crippen LogP contribution is -2.39. The predicted molar refractivity (Wildman–Crippen MR) is 79.4 cm³/mol. The second-order valence-corrected chi connectivity index (χ2v) is 6.77. The van der Waals surface area contributed by atoms with Crippen LogP contribution in [0.25, 0.3) is 0 Å². The lowest BCUT2D eigenvalue weighted by Gasteiger charge is -2.23. The molecule has 2 rings (SSSR count). The van der Waals surface area contributed by atoms with Crippen LogP contribution in [0.15, 0.2) is 29.2 Å². The summed E-state index contributed by atoms with van der Waals surface area (Å²) in [4.78, 5) is 0.223. The number of benzene rings is 1. The molecule has 0 amide bonds. The molecular formula is C14H22N2O4S. The molecule has 1 aliphatic rings. The zero-order valence-corrected chi connectivity index (χ0v) is 12.9. The van der Waals surface area contributed by atoms with Crippen molar-refractivity contribution in [2.45, 2.75) is 30.4 Å². The van der Waals surface area contributed by atoms with Crippen molar-refractivity contribution in [2.24, 2.45) is 5.73 Å². The Balaban J connectivity index is 2.04. The smallest absolute Gasteiger partial charge is 0.240 e. The van der Waals surface area contributed by atoms with Gasteiger partial charge in [0.2, 0.25) is 10.0 Å². The van der Waals surface area contributed by atoms with E-state index in [0.717, 1.165) is 12.0 Å². The summed E-state index contributed by atoms with van der Waals surface area (Å²) in [5, 5.41) is 0. The zero-order chi connectivity index (χ0) is 15.3. The standard InChI is InChI=1S/C14H22N2O4S/c1-2-14(15)11-4-3-5-13(8-11)21(17,18)16-9-12-10-19-6-7-20-12/h3-5,8,12,14,16H,2,6-7,9-10,15H2,1H3. The van der Waals surface area contributed by atoms with Crippen LogP contribution in [0.1, 0.15) is 24.9 Å². The summed E-state index contributed by atoms with van der Waals surface area (Å²) in [6, 6.07) is 6.57. The second kappa shape index (κ2) is 7.33. The Morgan fingerprint density at radius 1 is 1.43 bits per heavy atom. The van der Waals surface area contributed by atoms with Crippen LogP contribution in [0.3, 0.4) is 0 Å². The van der Waals surface area contributed by atoms with Gasteiger partial charge in [-0.05, 0) is 24.1 Å². The van der Waals surface area contributed by atoms with Crippen LogP contribution in [0.4, 0.5) is 0 Å². The third-order valence-corrected chi connectivity index (χ3v) is 4.84. The van der Waals surface area contributed by atoms with Crippen molar-refractivity contribution >= 4 is 10.0 Å². The molecule has 2 atom stereocenters. The Bertz CT molecular complexity index is 556. The molecule has 0 aromatic heterocycles. The van der Waals surface area contributed by atoms with Gasteiger partial charge in [-0.15, -0.1) is 0 Å². The van der Waals surface area contributed by atoms with Gasteiger partial charge in [0, 0.05) is 12.6 Å². The maximum absolute atomic E-state index is 12.3. The molecule has 1 aromatic carbocycles. The molecule has 0 aliphatic carbocycles. The minimum absolute atomic E-state index is 0.157.